The number of carbonyl (C=O) groups is 1. The van der Waals surface area contributed by atoms with Crippen molar-refractivity contribution in [1.82, 2.24) is 15.3 Å². The first-order valence-corrected chi connectivity index (χ1v) is 8.30. The van der Waals surface area contributed by atoms with Gasteiger partial charge < -0.3 is 19.4 Å². The SMILES string of the molecule is O=C(NC[C@@H]1CC[C@@H]2[C@H]1OCCN2c1ncccn1)c1ccco1. The van der Waals surface area contributed by atoms with Gasteiger partial charge in [0.2, 0.25) is 5.95 Å². The summed E-state index contributed by atoms with van der Waals surface area (Å²) in [7, 11) is 0. The van der Waals surface area contributed by atoms with Crippen LogP contribution in [0.2, 0.25) is 0 Å². The first kappa shape index (κ1) is 15.1. The van der Waals surface area contributed by atoms with Crippen LogP contribution in [0.3, 0.4) is 0 Å². The second kappa shape index (κ2) is 6.60. The molecule has 0 bridgehead atoms. The van der Waals surface area contributed by atoms with Crippen molar-refractivity contribution in [2.75, 3.05) is 24.6 Å². The lowest BCUT2D eigenvalue weighted by atomic mass is 10.0. The average Bonchev–Trinajstić information content (AvgIpc) is 3.30. The van der Waals surface area contributed by atoms with Gasteiger partial charge in [0.05, 0.1) is 25.0 Å². The van der Waals surface area contributed by atoms with E-state index in [1.807, 2.05) is 6.07 Å². The largest absolute Gasteiger partial charge is 0.459 e. The molecule has 1 amide bonds. The van der Waals surface area contributed by atoms with Gasteiger partial charge in [-0.2, -0.15) is 0 Å². The van der Waals surface area contributed by atoms with Crippen LogP contribution < -0.4 is 10.2 Å². The third-order valence-corrected chi connectivity index (χ3v) is 4.80. The van der Waals surface area contributed by atoms with Crippen molar-refractivity contribution in [3.05, 3.63) is 42.6 Å². The molecule has 0 spiro atoms. The van der Waals surface area contributed by atoms with E-state index in [0.29, 0.717) is 24.8 Å². The molecule has 0 radical (unpaired) electrons. The number of hydrogen-bond acceptors (Lipinski definition) is 6. The van der Waals surface area contributed by atoms with Crippen LogP contribution in [-0.2, 0) is 4.74 Å². The number of hydrogen-bond donors (Lipinski definition) is 1. The quantitative estimate of drug-likeness (QED) is 0.916. The van der Waals surface area contributed by atoms with E-state index in [2.05, 4.69) is 20.2 Å². The van der Waals surface area contributed by atoms with Crippen molar-refractivity contribution in [3.8, 4) is 0 Å². The lowest BCUT2D eigenvalue weighted by Crippen LogP contribution is -2.52. The molecule has 7 nitrogen and oxygen atoms in total. The summed E-state index contributed by atoms with van der Waals surface area (Å²) in [6.45, 7) is 2.04. The Morgan fingerprint density at radius 1 is 1.29 bits per heavy atom. The van der Waals surface area contributed by atoms with Crippen molar-refractivity contribution in [3.63, 3.8) is 0 Å². The summed E-state index contributed by atoms with van der Waals surface area (Å²) < 4.78 is 11.1. The third kappa shape index (κ3) is 2.87. The van der Waals surface area contributed by atoms with Gasteiger partial charge in [-0.25, -0.2) is 9.97 Å². The summed E-state index contributed by atoms with van der Waals surface area (Å²) in [6, 6.07) is 5.47. The maximum Gasteiger partial charge on any atom is 0.286 e. The molecule has 7 heteroatoms. The molecule has 4 rings (SSSR count). The summed E-state index contributed by atoms with van der Waals surface area (Å²) in [5.74, 6) is 1.22. The van der Waals surface area contributed by atoms with Crippen molar-refractivity contribution in [1.29, 1.82) is 0 Å². The lowest BCUT2D eigenvalue weighted by molar-refractivity contribution is -0.00175. The minimum atomic E-state index is -0.178. The number of nitrogens with one attached hydrogen (secondary N) is 1. The predicted octanol–water partition coefficient (Wildman–Crippen LogP) is 1.48. The van der Waals surface area contributed by atoms with E-state index in [1.54, 1.807) is 24.5 Å². The number of fused-ring (bicyclic) bond motifs is 1. The monoisotopic (exact) mass is 328 g/mol. The highest BCUT2D eigenvalue weighted by Crippen LogP contribution is 2.35. The zero-order valence-corrected chi connectivity index (χ0v) is 13.3. The van der Waals surface area contributed by atoms with Crippen LogP contribution >= 0.6 is 0 Å². The number of rotatable bonds is 4. The number of aromatic nitrogens is 2. The Balaban J connectivity index is 1.40. The summed E-state index contributed by atoms with van der Waals surface area (Å²) in [4.78, 5) is 23.0. The minimum absolute atomic E-state index is 0.0967. The third-order valence-electron chi connectivity index (χ3n) is 4.80. The molecule has 24 heavy (non-hydrogen) atoms. The standard InChI is InChI=1S/C17H20N4O3/c22-16(14-3-1-9-23-14)20-11-12-4-5-13-15(12)24-10-8-21(13)17-18-6-2-7-19-17/h1-3,6-7,9,12-13,15H,4-5,8,10-11H2,(H,20,22)/t12-,13+,15-/m0/s1. The normalized spacial score (nSPS) is 26.2. The molecule has 2 fully saturated rings. The van der Waals surface area contributed by atoms with Crippen molar-refractivity contribution in [2.45, 2.75) is 25.0 Å². The molecule has 1 aliphatic carbocycles. The van der Waals surface area contributed by atoms with Crippen LogP contribution in [0, 0.1) is 5.92 Å². The molecule has 3 heterocycles. The molecule has 0 aromatic carbocycles. The van der Waals surface area contributed by atoms with Gasteiger partial charge in [-0.1, -0.05) is 0 Å². The Kier molecular flexibility index (Phi) is 4.17. The van der Waals surface area contributed by atoms with Gasteiger partial charge in [0.1, 0.15) is 0 Å². The Morgan fingerprint density at radius 2 is 2.17 bits per heavy atom. The minimum Gasteiger partial charge on any atom is -0.459 e. The highest BCUT2D eigenvalue weighted by atomic mass is 16.5. The van der Waals surface area contributed by atoms with Crippen molar-refractivity contribution >= 4 is 11.9 Å². The molecule has 126 valence electrons. The van der Waals surface area contributed by atoms with Gasteiger partial charge in [0.15, 0.2) is 5.76 Å². The van der Waals surface area contributed by atoms with Crippen molar-refractivity contribution < 1.29 is 13.9 Å². The summed E-state index contributed by atoms with van der Waals surface area (Å²) in [5.41, 5.74) is 0. The van der Waals surface area contributed by atoms with Gasteiger partial charge in [-0.05, 0) is 31.0 Å². The molecule has 3 atom stereocenters. The maximum atomic E-state index is 12.0. The van der Waals surface area contributed by atoms with Crippen LogP contribution in [0.25, 0.3) is 0 Å². The first-order valence-electron chi connectivity index (χ1n) is 8.30. The zero-order chi connectivity index (χ0) is 16.4. The first-order chi connectivity index (χ1) is 11.8. The number of carbonyl (C=O) groups excluding carboxylic acids is 1. The van der Waals surface area contributed by atoms with Gasteiger partial charge in [0, 0.05) is 31.4 Å². The molecule has 1 saturated heterocycles. The van der Waals surface area contributed by atoms with Crippen LogP contribution in [0.1, 0.15) is 23.4 Å². The fourth-order valence-corrected chi connectivity index (χ4v) is 3.69. The van der Waals surface area contributed by atoms with Gasteiger partial charge in [-0.3, -0.25) is 4.79 Å². The fraction of sp³-hybridized carbons (Fsp3) is 0.471. The lowest BCUT2D eigenvalue weighted by Gasteiger charge is -2.39. The smallest absolute Gasteiger partial charge is 0.286 e. The number of morpholine rings is 1. The molecule has 2 aromatic heterocycles. The van der Waals surface area contributed by atoms with Gasteiger partial charge in [-0.15, -0.1) is 0 Å². The van der Waals surface area contributed by atoms with E-state index in [0.717, 1.165) is 25.3 Å². The van der Waals surface area contributed by atoms with Crippen molar-refractivity contribution in [2.24, 2.45) is 5.92 Å². The number of amides is 1. The molecule has 1 saturated carbocycles. The Hall–Kier alpha value is -2.41. The van der Waals surface area contributed by atoms with E-state index in [9.17, 15) is 4.79 Å². The second-order valence-corrected chi connectivity index (χ2v) is 6.17. The molecule has 1 N–H and O–H groups in total. The number of nitrogens with zero attached hydrogens (tertiary/aromatic N) is 3. The van der Waals surface area contributed by atoms with E-state index in [-0.39, 0.29) is 18.1 Å². The maximum absolute atomic E-state index is 12.0. The van der Waals surface area contributed by atoms with Crippen LogP contribution in [0.5, 0.6) is 0 Å². The second-order valence-electron chi connectivity index (χ2n) is 6.17. The van der Waals surface area contributed by atoms with Crippen LogP contribution in [0.4, 0.5) is 5.95 Å². The Morgan fingerprint density at radius 3 is 2.96 bits per heavy atom. The van der Waals surface area contributed by atoms with Gasteiger partial charge in [0.25, 0.3) is 5.91 Å². The summed E-state index contributed by atoms with van der Waals surface area (Å²) in [6.07, 6.45) is 7.16. The van der Waals surface area contributed by atoms with E-state index in [1.165, 1.54) is 6.26 Å². The predicted molar refractivity (Wildman–Crippen MR) is 86.7 cm³/mol. The van der Waals surface area contributed by atoms with E-state index >= 15 is 0 Å². The zero-order valence-electron chi connectivity index (χ0n) is 13.3. The molecule has 0 unspecified atom stereocenters. The van der Waals surface area contributed by atoms with E-state index < -0.39 is 0 Å². The van der Waals surface area contributed by atoms with Crippen LogP contribution in [0.15, 0.2) is 41.3 Å². The number of anilines is 1. The number of furan rings is 1. The summed E-state index contributed by atoms with van der Waals surface area (Å²) >= 11 is 0. The van der Waals surface area contributed by atoms with Gasteiger partial charge >= 0.3 is 0 Å². The summed E-state index contributed by atoms with van der Waals surface area (Å²) in [5, 5.41) is 2.95. The molecular weight excluding hydrogens is 308 g/mol. The highest BCUT2D eigenvalue weighted by molar-refractivity contribution is 5.91. The molecule has 2 aliphatic rings. The fourth-order valence-electron chi connectivity index (χ4n) is 3.69. The Labute approximate surface area is 140 Å². The Bertz CT molecular complexity index is 676. The average molecular weight is 328 g/mol. The van der Waals surface area contributed by atoms with E-state index in [4.69, 9.17) is 9.15 Å². The van der Waals surface area contributed by atoms with Crippen LogP contribution in [-0.4, -0.2) is 47.7 Å². The topological polar surface area (TPSA) is 80.5 Å². The molecular formula is C17H20N4O3. The number of ether oxygens (including phenoxy) is 1. The highest BCUT2D eigenvalue weighted by Gasteiger charge is 2.43. The molecule has 2 aromatic rings. The molecule has 1 aliphatic heterocycles.